The third-order valence-corrected chi connectivity index (χ3v) is 6.52. The fourth-order valence-electron chi connectivity index (χ4n) is 4.04. The Morgan fingerprint density at radius 2 is 0.909 bits per heavy atom. The van der Waals surface area contributed by atoms with Crippen LogP contribution in [0.25, 0.3) is 0 Å². The molecule has 0 radical (unpaired) electrons. The predicted octanol–water partition coefficient (Wildman–Crippen LogP) is 0.393. The van der Waals surface area contributed by atoms with Crippen molar-refractivity contribution >= 4 is 18.1 Å². The summed E-state index contributed by atoms with van der Waals surface area (Å²) in [5, 5.41) is 5.35. The quantitative estimate of drug-likeness (QED) is 0.0775. The SMILES string of the molecule is CC1CCC(C(=O)NCCOCCOCCOCCOCCOCCOCCOCCOCCOCC(=O)NCC=O)CC1. The van der Waals surface area contributed by atoms with Crippen LogP contribution in [-0.2, 0) is 57.0 Å². The lowest BCUT2D eigenvalue weighted by Gasteiger charge is -2.25. The summed E-state index contributed by atoms with van der Waals surface area (Å²) < 4.78 is 48.6. The average molecular weight is 637 g/mol. The Bertz CT molecular complexity index is 680. The Morgan fingerprint density at radius 1 is 0.545 bits per heavy atom. The van der Waals surface area contributed by atoms with Gasteiger partial charge >= 0.3 is 0 Å². The first kappa shape index (κ1) is 40.3. The van der Waals surface area contributed by atoms with Crippen molar-refractivity contribution in [2.75, 3.05) is 132 Å². The number of nitrogens with one attached hydrogen (secondary N) is 2. The minimum Gasteiger partial charge on any atom is -0.377 e. The molecular weight excluding hydrogens is 580 g/mol. The first-order valence-corrected chi connectivity index (χ1v) is 15.8. The van der Waals surface area contributed by atoms with E-state index in [9.17, 15) is 14.4 Å². The van der Waals surface area contributed by atoms with Gasteiger partial charge in [0, 0.05) is 12.5 Å². The second kappa shape index (κ2) is 31.2. The number of hydrogen-bond acceptors (Lipinski definition) is 12. The number of hydrogen-bond donors (Lipinski definition) is 2. The van der Waals surface area contributed by atoms with E-state index in [1.165, 1.54) is 0 Å². The Labute approximate surface area is 262 Å². The second-order valence-electron chi connectivity index (χ2n) is 10.2. The summed E-state index contributed by atoms with van der Waals surface area (Å²) in [4.78, 5) is 33.4. The molecular formula is C30H56N2O12. The highest BCUT2D eigenvalue weighted by molar-refractivity contribution is 5.79. The Morgan fingerprint density at radius 3 is 1.30 bits per heavy atom. The maximum Gasteiger partial charge on any atom is 0.246 e. The molecule has 1 aliphatic rings. The van der Waals surface area contributed by atoms with Gasteiger partial charge in [0.15, 0.2) is 0 Å². The summed E-state index contributed by atoms with van der Waals surface area (Å²) in [7, 11) is 0. The van der Waals surface area contributed by atoms with Crippen LogP contribution in [0.15, 0.2) is 0 Å². The van der Waals surface area contributed by atoms with E-state index in [1.807, 2.05) is 0 Å². The summed E-state index contributed by atoms with van der Waals surface area (Å²) in [6.07, 6.45) is 4.89. The number of amides is 2. The summed E-state index contributed by atoms with van der Waals surface area (Å²) in [6, 6.07) is 0. The molecule has 1 saturated carbocycles. The van der Waals surface area contributed by atoms with Gasteiger partial charge in [-0.25, -0.2) is 0 Å². The average Bonchev–Trinajstić information content (AvgIpc) is 3.03. The van der Waals surface area contributed by atoms with Gasteiger partial charge in [0.2, 0.25) is 11.8 Å². The Hall–Kier alpha value is -1.75. The normalized spacial score (nSPS) is 16.6. The Kier molecular flexibility index (Phi) is 28.6. The molecule has 0 saturated heterocycles. The van der Waals surface area contributed by atoms with Crippen LogP contribution in [-0.4, -0.2) is 150 Å². The molecule has 0 aliphatic heterocycles. The largest absolute Gasteiger partial charge is 0.377 e. The van der Waals surface area contributed by atoms with Crippen LogP contribution < -0.4 is 10.6 Å². The molecule has 1 fully saturated rings. The molecule has 2 N–H and O–H groups in total. The minimum atomic E-state index is -0.336. The van der Waals surface area contributed by atoms with Crippen LogP contribution in [0.2, 0.25) is 0 Å². The molecule has 0 aromatic rings. The van der Waals surface area contributed by atoms with Crippen molar-refractivity contribution in [2.24, 2.45) is 11.8 Å². The van der Waals surface area contributed by atoms with Crippen LogP contribution in [0.1, 0.15) is 32.6 Å². The van der Waals surface area contributed by atoms with E-state index < -0.39 is 0 Å². The maximum atomic E-state index is 12.1. The van der Waals surface area contributed by atoms with Gasteiger partial charge in [-0.3, -0.25) is 9.59 Å². The molecule has 14 nitrogen and oxygen atoms in total. The van der Waals surface area contributed by atoms with E-state index in [2.05, 4.69) is 17.6 Å². The standard InChI is InChI=1S/C30H56N2O12/c1-27-2-4-28(5-3-27)30(35)32-7-9-36-10-11-37-12-13-38-14-15-39-16-17-40-18-19-41-20-21-42-22-23-43-24-25-44-26-29(34)31-6-8-33/h8,27-28H,2-7,9-26H2,1H3,(H,31,34)(H,32,35). The minimum absolute atomic E-state index is 0.0134. The zero-order valence-electron chi connectivity index (χ0n) is 26.6. The van der Waals surface area contributed by atoms with E-state index >= 15 is 0 Å². The summed E-state index contributed by atoms with van der Waals surface area (Å²) in [5.41, 5.74) is 0. The first-order chi connectivity index (χ1) is 21.6. The van der Waals surface area contributed by atoms with Gasteiger partial charge in [-0.05, 0) is 31.6 Å². The van der Waals surface area contributed by atoms with Crippen molar-refractivity contribution in [3.8, 4) is 0 Å². The van der Waals surface area contributed by atoms with Crippen molar-refractivity contribution in [1.82, 2.24) is 10.6 Å². The van der Waals surface area contributed by atoms with Crippen molar-refractivity contribution in [2.45, 2.75) is 32.6 Å². The summed E-state index contributed by atoms with van der Waals surface area (Å²) in [6.45, 7) is 10.4. The van der Waals surface area contributed by atoms with Crippen LogP contribution in [0.5, 0.6) is 0 Å². The van der Waals surface area contributed by atoms with Crippen LogP contribution in [0, 0.1) is 11.8 Å². The van der Waals surface area contributed by atoms with Gasteiger partial charge in [-0.15, -0.1) is 0 Å². The smallest absolute Gasteiger partial charge is 0.246 e. The third-order valence-electron chi connectivity index (χ3n) is 6.52. The highest BCUT2D eigenvalue weighted by Crippen LogP contribution is 2.28. The summed E-state index contributed by atoms with van der Waals surface area (Å²) >= 11 is 0. The monoisotopic (exact) mass is 636 g/mol. The van der Waals surface area contributed by atoms with Crippen molar-refractivity contribution in [3.05, 3.63) is 0 Å². The van der Waals surface area contributed by atoms with Gasteiger partial charge in [-0.1, -0.05) is 6.92 Å². The highest BCUT2D eigenvalue weighted by Gasteiger charge is 2.23. The number of aldehydes is 1. The van der Waals surface area contributed by atoms with E-state index in [1.54, 1.807) is 0 Å². The highest BCUT2D eigenvalue weighted by atomic mass is 16.6. The van der Waals surface area contributed by atoms with E-state index in [0.717, 1.165) is 31.6 Å². The topological polar surface area (TPSA) is 158 Å². The van der Waals surface area contributed by atoms with Crippen molar-refractivity contribution < 1.29 is 57.0 Å². The zero-order valence-corrected chi connectivity index (χ0v) is 26.6. The van der Waals surface area contributed by atoms with E-state index in [-0.39, 0.29) is 37.5 Å². The lowest BCUT2D eigenvalue weighted by Crippen LogP contribution is -2.35. The lowest BCUT2D eigenvalue weighted by atomic mass is 9.82. The summed E-state index contributed by atoms with van der Waals surface area (Å²) in [5.74, 6) is 0.737. The molecule has 44 heavy (non-hydrogen) atoms. The van der Waals surface area contributed by atoms with Crippen molar-refractivity contribution in [3.63, 3.8) is 0 Å². The molecule has 0 heterocycles. The van der Waals surface area contributed by atoms with Crippen LogP contribution in [0.3, 0.4) is 0 Å². The number of ether oxygens (including phenoxy) is 9. The van der Waals surface area contributed by atoms with Gasteiger partial charge in [0.1, 0.15) is 12.9 Å². The molecule has 0 aromatic carbocycles. The predicted molar refractivity (Wildman–Crippen MR) is 161 cm³/mol. The maximum absolute atomic E-state index is 12.1. The van der Waals surface area contributed by atoms with Crippen LogP contribution in [0.4, 0.5) is 0 Å². The third kappa shape index (κ3) is 26.6. The van der Waals surface area contributed by atoms with Crippen molar-refractivity contribution in [1.29, 1.82) is 0 Å². The molecule has 0 aromatic heterocycles. The van der Waals surface area contributed by atoms with Gasteiger partial charge in [0.25, 0.3) is 0 Å². The molecule has 2 amide bonds. The Balaban J connectivity index is 1.65. The fourth-order valence-corrected chi connectivity index (χ4v) is 4.04. The van der Waals surface area contributed by atoms with E-state index in [0.29, 0.717) is 119 Å². The zero-order chi connectivity index (χ0) is 31.8. The van der Waals surface area contributed by atoms with Gasteiger partial charge in [0.05, 0.1) is 119 Å². The molecule has 1 aliphatic carbocycles. The fraction of sp³-hybridized carbons (Fsp3) is 0.900. The number of carbonyl (C=O) groups is 3. The molecule has 0 bridgehead atoms. The number of rotatable bonds is 32. The molecule has 0 unspecified atom stereocenters. The molecule has 258 valence electrons. The number of carbonyl (C=O) groups excluding carboxylic acids is 3. The molecule has 14 heteroatoms. The molecule has 1 rings (SSSR count). The molecule has 0 atom stereocenters. The molecule has 0 spiro atoms. The lowest BCUT2D eigenvalue weighted by molar-refractivity contribution is -0.127. The van der Waals surface area contributed by atoms with Gasteiger partial charge in [-0.2, -0.15) is 0 Å². The van der Waals surface area contributed by atoms with Gasteiger partial charge < -0.3 is 58.1 Å². The van der Waals surface area contributed by atoms with Crippen LogP contribution >= 0.6 is 0 Å². The second-order valence-corrected chi connectivity index (χ2v) is 10.2. The first-order valence-electron chi connectivity index (χ1n) is 15.8. The van der Waals surface area contributed by atoms with E-state index in [4.69, 9.17) is 42.6 Å².